The first-order valence-electron chi connectivity index (χ1n) is 4.70. The summed E-state index contributed by atoms with van der Waals surface area (Å²) in [5, 5.41) is 3.20. The Bertz CT molecular complexity index is 401. The molecule has 0 aromatic carbocycles. The summed E-state index contributed by atoms with van der Waals surface area (Å²) in [6, 6.07) is 2.99. The largest absolute Gasteiger partial charge is 0.356 e. The number of carbonyl (C=O) groups excluding carboxylic acids is 1. The number of nitrogens with zero attached hydrogens (tertiary/aromatic N) is 1. The molecule has 0 atom stereocenters. The summed E-state index contributed by atoms with van der Waals surface area (Å²) in [5.41, 5.74) is -0.0813. The molecule has 0 radical (unpaired) electrons. The van der Waals surface area contributed by atoms with Crippen LogP contribution >= 0.6 is 11.6 Å². The SMILES string of the molecule is CC(=O)NCCCn1cc(Cl)ccc1=O. The van der Waals surface area contributed by atoms with Gasteiger partial charge in [0.1, 0.15) is 0 Å². The number of amides is 1. The fourth-order valence-corrected chi connectivity index (χ4v) is 1.37. The molecule has 15 heavy (non-hydrogen) atoms. The van der Waals surface area contributed by atoms with Gasteiger partial charge in [-0.05, 0) is 12.5 Å². The molecule has 4 nitrogen and oxygen atoms in total. The molecule has 1 amide bonds. The van der Waals surface area contributed by atoms with Gasteiger partial charge in [-0.2, -0.15) is 0 Å². The van der Waals surface area contributed by atoms with E-state index in [-0.39, 0.29) is 11.5 Å². The van der Waals surface area contributed by atoms with E-state index in [4.69, 9.17) is 11.6 Å². The molecule has 1 N–H and O–H groups in total. The van der Waals surface area contributed by atoms with Crippen molar-refractivity contribution in [3.05, 3.63) is 33.7 Å². The molecule has 0 bridgehead atoms. The van der Waals surface area contributed by atoms with Gasteiger partial charge in [0.15, 0.2) is 0 Å². The number of hydrogen-bond acceptors (Lipinski definition) is 2. The van der Waals surface area contributed by atoms with Crippen molar-refractivity contribution in [2.75, 3.05) is 6.54 Å². The number of halogens is 1. The van der Waals surface area contributed by atoms with Gasteiger partial charge in [-0.1, -0.05) is 11.6 Å². The molecule has 82 valence electrons. The number of carbonyl (C=O) groups is 1. The highest BCUT2D eigenvalue weighted by Crippen LogP contribution is 2.03. The summed E-state index contributed by atoms with van der Waals surface area (Å²) >= 11 is 5.75. The maximum absolute atomic E-state index is 11.3. The van der Waals surface area contributed by atoms with Crippen LogP contribution in [0.5, 0.6) is 0 Å². The number of nitrogens with one attached hydrogen (secondary N) is 1. The van der Waals surface area contributed by atoms with Crippen LogP contribution in [0, 0.1) is 0 Å². The molecule has 0 aliphatic rings. The predicted molar refractivity (Wildman–Crippen MR) is 59.0 cm³/mol. The number of aromatic nitrogens is 1. The van der Waals surface area contributed by atoms with Gasteiger partial charge in [0.25, 0.3) is 5.56 Å². The van der Waals surface area contributed by atoms with Crippen molar-refractivity contribution in [2.24, 2.45) is 0 Å². The second kappa shape index (κ2) is 5.56. The van der Waals surface area contributed by atoms with Crippen LogP contribution in [0.25, 0.3) is 0 Å². The Kier molecular flexibility index (Phi) is 4.37. The Labute approximate surface area is 92.9 Å². The van der Waals surface area contributed by atoms with Gasteiger partial charge in [-0.15, -0.1) is 0 Å². The zero-order valence-corrected chi connectivity index (χ0v) is 9.25. The van der Waals surface area contributed by atoms with E-state index in [2.05, 4.69) is 5.32 Å². The summed E-state index contributed by atoms with van der Waals surface area (Å²) in [5.74, 6) is -0.0616. The molecular weight excluding hydrogens is 216 g/mol. The van der Waals surface area contributed by atoms with E-state index in [1.54, 1.807) is 12.3 Å². The number of aryl methyl sites for hydroxylation is 1. The van der Waals surface area contributed by atoms with Crippen molar-refractivity contribution in [1.82, 2.24) is 9.88 Å². The third kappa shape index (κ3) is 4.16. The average Bonchev–Trinajstić information content (AvgIpc) is 2.17. The number of hydrogen-bond donors (Lipinski definition) is 1. The second-order valence-electron chi connectivity index (χ2n) is 3.22. The van der Waals surface area contributed by atoms with Crippen LogP contribution in [0.3, 0.4) is 0 Å². The van der Waals surface area contributed by atoms with Gasteiger partial charge in [0.05, 0.1) is 5.02 Å². The second-order valence-corrected chi connectivity index (χ2v) is 3.65. The molecule has 0 fully saturated rings. The highest BCUT2D eigenvalue weighted by Gasteiger charge is 1.97. The quantitative estimate of drug-likeness (QED) is 0.783. The highest BCUT2D eigenvalue weighted by atomic mass is 35.5. The zero-order valence-electron chi connectivity index (χ0n) is 8.50. The van der Waals surface area contributed by atoms with Crippen molar-refractivity contribution in [3.8, 4) is 0 Å². The first kappa shape index (κ1) is 11.8. The molecule has 5 heteroatoms. The van der Waals surface area contributed by atoms with Crippen molar-refractivity contribution in [2.45, 2.75) is 19.9 Å². The van der Waals surface area contributed by atoms with Crippen LogP contribution in [0.2, 0.25) is 5.02 Å². The highest BCUT2D eigenvalue weighted by molar-refractivity contribution is 6.30. The Balaban J connectivity index is 2.47. The van der Waals surface area contributed by atoms with Crippen LogP contribution in [0.4, 0.5) is 0 Å². The predicted octanol–water partition coefficient (Wildman–Crippen LogP) is 1.03. The molecule has 0 saturated heterocycles. The molecule has 1 heterocycles. The molecule has 1 rings (SSSR count). The molecule has 0 unspecified atom stereocenters. The van der Waals surface area contributed by atoms with E-state index < -0.39 is 0 Å². The molecular formula is C10H13ClN2O2. The average molecular weight is 229 g/mol. The van der Waals surface area contributed by atoms with Gasteiger partial charge in [-0.3, -0.25) is 9.59 Å². The molecule has 0 aliphatic carbocycles. The van der Waals surface area contributed by atoms with Crippen LogP contribution < -0.4 is 10.9 Å². The van der Waals surface area contributed by atoms with Gasteiger partial charge in [0, 0.05) is 32.3 Å². The molecule has 0 spiro atoms. The first-order valence-corrected chi connectivity index (χ1v) is 5.08. The molecule has 0 saturated carbocycles. The van der Waals surface area contributed by atoms with E-state index in [1.165, 1.54) is 17.6 Å². The third-order valence-corrected chi connectivity index (χ3v) is 2.12. The van der Waals surface area contributed by atoms with E-state index in [0.717, 1.165) is 0 Å². The van der Waals surface area contributed by atoms with Crippen molar-refractivity contribution >= 4 is 17.5 Å². The fourth-order valence-electron chi connectivity index (χ4n) is 1.19. The first-order chi connectivity index (χ1) is 7.09. The fraction of sp³-hybridized carbons (Fsp3) is 0.400. The lowest BCUT2D eigenvalue weighted by atomic mass is 10.4. The smallest absolute Gasteiger partial charge is 0.250 e. The van der Waals surface area contributed by atoms with Gasteiger partial charge < -0.3 is 9.88 Å². The standard InChI is InChI=1S/C10H13ClN2O2/c1-8(14)12-5-2-6-13-7-9(11)3-4-10(13)15/h3-4,7H,2,5-6H2,1H3,(H,12,14). The summed E-state index contributed by atoms with van der Waals surface area (Å²) in [6.07, 6.45) is 2.30. The van der Waals surface area contributed by atoms with Gasteiger partial charge in [-0.25, -0.2) is 0 Å². The monoisotopic (exact) mass is 228 g/mol. The van der Waals surface area contributed by atoms with Crippen molar-refractivity contribution < 1.29 is 4.79 Å². The van der Waals surface area contributed by atoms with Crippen LogP contribution in [0.1, 0.15) is 13.3 Å². The zero-order chi connectivity index (χ0) is 11.3. The third-order valence-electron chi connectivity index (χ3n) is 1.90. The van der Waals surface area contributed by atoms with Crippen LogP contribution in [-0.2, 0) is 11.3 Å². The summed E-state index contributed by atoms with van der Waals surface area (Å²) in [6.45, 7) is 2.58. The number of pyridine rings is 1. The minimum Gasteiger partial charge on any atom is -0.356 e. The van der Waals surface area contributed by atoms with Crippen molar-refractivity contribution in [3.63, 3.8) is 0 Å². The maximum atomic E-state index is 11.3. The van der Waals surface area contributed by atoms with Crippen LogP contribution in [0.15, 0.2) is 23.1 Å². The summed E-state index contributed by atoms with van der Waals surface area (Å²) < 4.78 is 1.53. The Morgan fingerprint density at radius 3 is 2.93 bits per heavy atom. The molecule has 1 aromatic rings. The van der Waals surface area contributed by atoms with Crippen LogP contribution in [-0.4, -0.2) is 17.0 Å². The minimum atomic E-state index is -0.0813. The molecule has 0 aliphatic heterocycles. The van der Waals surface area contributed by atoms with E-state index in [9.17, 15) is 9.59 Å². The van der Waals surface area contributed by atoms with Crippen molar-refractivity contribution in [1.29, 1.82) is 0 Å². The summed E-state index contributed by atoms with van der Waals surface area (Å²) in [4.78, 5) is 21.9. The maximum Gasteiger partial charge on any atom is 0.250 e. The molecule has 1 aromatic heterocycles. The summed E-state index contributed by atoms with van der Waals surface area (Å²) in [7, 11) is 0. The Morgan fingerprint density at radius 2 is 2.27 bits per heavy atom. The normalized spacial score (nSPS) is 10.0. The lowest BCUT2D eigenvalue weighted by molar-refractivity contribution is -0.118. The number of rotatable bonds is 4. The lowest BCUT2D eigenvalue weighted by Gasteiger charge is -2.05. The Hall–Kier alpha value is -1.29. The van der Waals surface area contributed by atoms with E-state index >= 15 is 0 Å². The van der Waals surface area contributed by atoms with E-state index in [1.807, 2.05) is 0 Å². The van der Waals surface area contributed by atoms with E-state index in [0.29, 0.717) is 24.5 Å². The van der Waals surface area contributed by atoms with Gasteiger partial charge in [0.2, 0.25) is 5.91 Å². The minimum absolute atomic E-state index is 0.0616. The Morgan fingerprint density at radius 1 is 1.53 bits per heavy atom. The topological polar surface area (TPSA) is 51.1 Å². The van der Waals surface area contributed by atoms with Gasteiger partial charge >= 0.3 is 0 Å². The lowest BCUT2D eigenvalue weighted by Crippen LogP contribution is -2.24.